The van der Waals surface area contributed by atoms with Crippen LogP contribution in [-0.4, -0.2) is 12.5 Å². The number of carbonyl (C=O) groups excluding carboxylic acids is 1. The highest BCUT2D eigenvalue weighted by atomic mass is 19.1. The highest BCUT2D eigenvalue weighted by Gasteiger charge is 2.15. The van der Waals surface area contributed by atoms with Gasteiger partial charge in [0.2, 0.25) is 5.91 Å². The number of nitrogen functional groups attached to an aromatic ring is 1. The minimum Gasteiger partial charge on any atom is -0.396 e. The van der Waals surface area contributed by atoms with Crippen molar-refractivity contribution in [2.24, 2.45) is 0 Å². The van der Waals surface area contributed by atoms with Crippen molar-refractivity contribution in [2.45, 2.75) is 0 Å². The van der Waals surface area contributed by atoms with Gasteiger partial charge in [-0.2, -0.15) is 0 Å². The van der Waals surface area contributed by atoms with Gasteiger partial charge < -0.3 is 16.4 Å². The summed E-state index contributed by atoms with van der Waals surface area (Å²) in [7, 11) is 0. The molecule has 0 aromatic heterocycles. The molecule has 1 aliphatic rings. The van der Waals surface area contributed by atoms with Crippen LogP contribution < -0.4 is 16.4 Å². The molecule has 0 fully saturated rings. The number of hydrogen-bond donors (Lipinski definition) is 3. The van der Waals surface area contributed by atoms with E-state index in [2.05, 4.69) is 10.6 Å². The zero-order valence-corrected chi connectivity index (χ0v) is 6.73. The second kappa shape index (κ2) is 2.62. The Hall–Kier alpha value is -1.78. The molecule has 0 bridgehead atoms. The van der Waals surface area contributed by atoms with E-state index in [1.165, 1.54) is 12.1 Å². The molecule has 0 saturated carbocycles. The van der Waals surface area contributed by atoms with Gasteiger partial charge in [0.25, 0.3) is 0 Å². The predicted molar refractivity (Wildman–Crippen MR) is 47.9 cm³/mol. The molecule has 0 spiro atoms. The van der Waals surface area contributed by atoms with E-state index in [-0.39, 0.29) is 18.1 Å². The highest BCUT2D eigenvalue weighted by molar-refractivity contribution is 6.01. The Morgan fingerprint density at radius 3 is 2.92 bits per heavy atom. The Morgan fingerprint density at radius 2 is 2.15 bits per heavy atom. The second-order valence-corrected chi connectivity index (χ2v) is 2.82. The van der Waals surface area contributed by atoms with Crippen LogP contribution in [-0.2, 0) is 4.79 Å². The van der Waals surface area contributed by atoms with E-state index >= 15 is 0 Å². The Balaban J connectivity index is 2.49. The first-order valence-corrected chi connectivity index (χ1v) is 3.79. The lowest BCUT2D eigenvalue weighted by molar-refractivity contribution is -0.114. The molecule has 68 valence electrons. The number of nitrogens with one attached hydrogen (secondary N) is 2. The van der Waals surface area contributed by atoms with Gasteiger partial charge in [-0.05, 0) is 6.07 Å². The van der Waals surface area contributed by atoms with Crippen molar-refractivity contribution in [3.05, 3.63) is 17.9 Å². The van der Waals surface area contributed by atoms with E-state index in [0.717, 1.165) is 0 Å². The molecule has 1 aromatic rings. The molecule has 0 unspecified atom stereocenters. The van der Waals surface area contributed by atoms with Gasteiger partial charge in [-0.1, -0.05) is 0 Å². The van der Waals surface area contributed by atoms with Gasteiger partial charge in [-0.25, -0.2) is 4.39 Å². The van der Waals surface area contributed by atoms with E-state index in [9.17, 15) is 9.18 Å². The van der Waals surface area contributed by atoms with Crippen LogP contribution in [0.25, 0.3) is 0 Å². The molecular formula is C8H8FN3O. The number of benzene rings is 1. The van der Waals surface area contributed by atoms with Gasteiger partial charge in [0, 0.05) is 6.07 Å². The maximum absolute atomic E-state index is 12.9. The molecule has 1 aromatic carbocycles. The first kappa shape index (κ1) is 7.85. The lowest BCUT2D eigenvalue weighted by Gasteiger charge is -2.18. The molecule has 0 aliphatic carbocycles. The maximum atomic E-state index is 12.9. The quantitative estimate of drug-likeness (QED) is 0.518. The smallest absolute Gasteiger partial charge is 0.243 e. The molecule has 1 heterocycles. The molecular weight excluding hydrogens is 173 g/mol. The third-order valence-corrected chi connectivity index (χ3v) is 1.85. The molecule has 4 N–H and O–H groups in total. The summed E-state index contributed by atoms with van der Waals surface area (Å²) in [6, 6.07) is 2.67. The van der Waals surface area contributed by atoms with Gasteiger partial charge >= 0.3 is 0 Å². The van der Waals surface area contributed by atoms with Crippen molar-refractivity contribution in [3.8, 4) is 0 Å². The van der Waals surface area contributed by atoms with E-state index in [1.54, 1.807) is 0 Å². The minimum absolute atomic E-state index is 0.0303. The summed E-state index contributed by atoms with van der Waals surface area (Å²) in [6.45, 7) is 0.163. The normalized spacial score (nSPS) is 14.4. The number of fused-ring (bicyclic) bond motifs is 1. The van der Waals surface area contributed by atoms with E-state index in [1.807, 2.05) is 0 Å². The Labute approximate surface area is 73.9 Å². The van der Waals surface area contributed by atoms with Crippen LogP contribution in [0.3, 0.4) is 0 Å². The highest BCUT2D eigenvalue weighted by Crippen LogP contribution is 2.28. The van der Waals surface area contributed by atoms with Crippen LogP contribution in [0.2, 0.25) is 0 Å². The zero-order chi connectivity index (χ0) is 9.42. The number of anilines is 3. The number of hydrogen-bond acceptors (Lipinski definition) is 3. The van der Waals surface area contributed by atoms with Crippen molar-refractivity contribution in [1.82, 2.24) is 0 Å². The third kappa shape index (κ3) is 1.28. The molecule has 2 rings (SSSR count). The molecule has 0 saturated heterocycles. The van der Waals surface area contributed by atoms with Gasteiger partial charge in [0.1, 0.15) is 5.82 Å². The van der Waals surface area contributed by atoms with Gasteiger partial charge in [0.05, 0.1) is 23.6 Å². The zero-order valence-electron chi connectivity index (χ0n) is 6.73. The average Bonchev–Trinajstić information content (AvgIpc) is 2.08. The fourth-order valence-corrected chi connectivity index (χ4v) is 1.21. The molecule has 13 heavy (non-hydrogen) atoms. The van der Waals surface area contributed by atoms with E-state index in [4.69, 9.17) is 5.73 Å². The Bertz CT molecular complexity index is 378. The van der Waals surface area contributed by atoms with Crippen LogP contribution in [0, 0.1) is 5.82 Å². The maximum Gasteiger partial charge on any atom is 0.243 e. The topological polar surface area (TPSA) is 67.1 Å². The third-order valence-electron chi connectivity index (χ3n) is 1.85. The predicted octanol–water partition coefficient (Wildman–Crippen LogP) is 0.772. The van der Waals surface area contributed by atoms with Crippen molar-refractivity contribution < 1.29 is 9.18 Å². The fourth-order valence-electron chi connectivity index (χ4n) is 1.21. The monoisotopic (exact) mass is 181 g/mol. The number of nitrogens with two attached hydrogens (primary N) is 1. The Morgan fingerprint density at radius 1 is 1.38 bits per heavy atom. The van der Waals surface area contributed by atoms with E-state index in [0.29, 0.717) is 11.4 Å². The number of carbonyl (C=O) groups is 1. The van der Waals surface area contributed by atoms with Crippen molar-refractivity contribution in [2.75, 3.05) is 22.9 Å². The molecule has 5 heteroatoms. The van der Waals surface area contributed by atoms with Crippen molar-refractivity contribution >= 4 is 23.0 Å². The van der Waals surface area contributed by atoms with Crippen LogP contribution in [0.15, 0.2) is 12.1 Å². The largest absolute Gasteiger partial charge is 0.396 e. The van der Waals surface area contributed by atoms with Crippen LogP contribution in [0.5, 0.6) is 0 Å². The molecule has 0 radical (unpaired) electrons. The summed E-state index contributed by atoms with van der Waals surface area (Å²) in [5, 5.41) is 5.35. The number of amides is 1. The van der Waals surface area contributed by atoms with Gasteiger partial charge in [-0.15, -0.1) is 0 Å². The number of halogens is 1. The minimum atomic E-state index is -0.484. The lowest BCUT2D eigenvalue weighted by atomic mass is 10.2. The van der Waals surface area contributed by atoms with E-state index < -0.39 is 5.82 Å². The molecule has 1 amide bonds. The summed E-state index contributed by atoms with van der Waals surface area (Å²) in [6.07, 6.45) is 0. The Kier molecular flexibility index (Phi) is 1.58. The standard InChI is InChI=1S/C8H8FN3O/c9-4-1-6-7(2-5(4)10)12-8(13)3-11-6/h1-2,11H,3,10H2,(H,12,13). The lowest BCUT2D eigenvalue weighted by Crippen LogP contribution is -2.27. The van der Waals surface area contributed by atoms with Gasteiger partial charge in [-0.3, -0.25) is 4.79 Å². The first-order valence-electron chi connectivity index (χ1n) is 3.79. The summed E-state index contributed by atoms with van der Waals surface area (Å²) in [5.74, 6) is -0.638. The first-order chi connectivity index (χ1) is 6.16. The van der Waals surface area contributed by atoms with Gasteiger partial charge in [0.15, 0.2) is 0 Å². The number of rotatable bonds is 0. The molecule has 4 nitrogen and oxygen atoms in total. The molecule has 0 atom stereocenters. The van der Waals surface area contributed by atoms with Crippen LogP contribution >= 0.6 is 0 Å². The summed E-state index contributed by atoms with van der Waals surface area (Å²) in [5.41, 5.74) is 6.45. The second-order valence-electron chi connectivity index (χ2n) is 2.82. The van der Waals surface area contributed by atoms with Crippen LogP contribution in [0.4, 0.5) is 21.5 Å². The SMILES string of the molecule is Nc1cc2c(cc1F)NCC(=O)N2. The van der Waals surface area contributed by atoms with Crippen molar-refractivity contribution in [1.29, 1.82) is 0 Å². The molecule has 1 aliphatic heterocycles. The fraction of sp³-hybridized carbons (Fsp3) is 0.125. The summed E-state index contributed by atoms with van der Waals surface area (Å²) in [4.78, 5) is 10.9. The van der Waals surface area contributed by atoms with Crippen LogP contribution in [0.1, 0.15) is 0 Å². The average molecular weight is 181 g/mol. The van der Waals surface area contributed by atoms with Crippen molar-refractivity contribution in [3.63, 3.8) is 0 Å². The summed E-state index contributed by atoms with van der Waals surface area (Å²) >= 11 is 0. The summed E-state index contributed by atoms with van der Waals surface area (Å²) < 4.78 is 12.9.